The third-order valence-electron chi connectivity index (χ3n) is 3.59. The van der Waals surface area contributed by atoms with Crippen molar-refractivity contribution in [2.45, 2.75) is 19.8 Å². The zero-order valence-corrected chi connectivity index (χ0v) is 12.8. The average molecular weight is 283 g/mol. The van der Waals surface area contributed by atoms with E-state index in [1.165, 1.54) is 0 Å². The minimum absolute atomic E-state index is 0.0987. The van der Waals surface area contributed by atoms with Crippen LogP contribution in [0, 0.1) is 0 Å². The summed E-state index contributed by atoms with van der Waals surface area (Å²) in [6.45, 7) is 2.07. The van der Waals surface area contributed by atoms with Gasteiger partial charge in [-0.25, -0.2) is 0 Å². The number of likely N-dealkylation sites (N-methyl/N-ethyl adjacent to an activating group) is 1. The lowest BCUT2D eigenvalue weighted by Gasteiger charge is -2.12. The van der Waals surface area contributed by atoms with Crippen LogP contribution in [-0.2, 0) is 17.6 Å². The summed E-state index contributed by atoms with van der Waals surface area (Å²) < 4.78 is 0. The average Bonchev–Trinajstić information content (AvgIpc) is 2.48. The highest BCUT2D eigenvalue weighted by atomic mass is 16.3. The van der Waals surface area contributed by atoms with Gasteiger partial charge in [0.25, 0.3) is 0 Å². The molecule has 2 aromatic carbocycles. The van der Waals surface area contributed by atoms with Gasteiger partial charge in [-0.2, -0.15) is 0 Å². The van der Waals surface area contributed by atoms with E-state index < -0.39 is 0 Å². The van der Waals surface area contributed by atoms with Crippen molar-refractivity contribution < 1.29 is 9.90 Å². The summed E-state index contributed by atoms with van der Waals surface area (Å²) in [6, 6.07) is 13.5. The molecule has 110 valence electrons. The van der Waals surface area contributed by atoms with Crippen LogP contribution in [0.2, 0.25) is 0 Å². The van der Waals surface area contributed by atoms with E-state index in [1.807, 2.05) is 30.3 Å². The van der Waals surface area contributed by atoms with Crippen LogP contribution in [0.1, 0.15) is 18.1 Å². The first-order valence-electron chi connectivity index (χ1n) is 7.12. The van der Waals surface area contributed by atoms with Crippen molar-refractivity contribution in [2.75, 3.05) is 14.1 Å². The van der Waals surface area contributed by atoms with Gasteiger partial charge in [-0.1, -0.05) is 37.3 Å². The van der Waals surface area contributed by atoms with Crippen LogP contribution in [0.15, 0.2) is 42.5 Å². The molecule has 0 spiro atoms. The van der Waals surface area contributed by atoms with Crippen LogP contribution < -0.4 is 0 Å². The van der Waals surface area contributed by atoms with Crippen LogP contribution in [0.3, 0.4) is 0 Å². The molecule has 1 N–H and O–H groups in total. The lowest BCUT2D eigenvalue weighted by Crippen LogP contribution is -2.23. The van der Waals surface area contributed by atoms with Gasteiger partial charge in [0.2, 0.25) is 5.91 Å². The number of phenols is 1. The number of carbonyl (C=O) groups excluding carboxylic acids is 1. The van der Waals surface area contributed by atoms with Crippen LogP contribution >= 0.6 is 0 Å². The molecular weight excluding hydrogens is 262 g/mol. The Hall–Kier alpha value is -2.29. The number of hydrogen-bond acceptors (Lipinski definition) is 2. The Bertz CT molecular complexity index is 630. The fourth-order valence-corrected chi connectivity index (χ4v) is 2.29. The molecule has 21 heavy (non-hydrogen) atoms. The van der Waals surface area contributed by atoms with Crippen LogP contribution in [0.4, 0.5) is 0 Å². The quantitative estimate of drug-likeness (QED) is 0.935. The van der Waals surface area contributed by atoms with Gasteiger partial charge in [-0.3, -0.25) is 4.79 Å². The van der Waals surface area contributed by atoms with Crippen LogP contribution in [0.25, 0.3) is 11.1 Å². The van der Waals surface area contributed by atoms with Crippen molar-refractivity contribution in [3.8, 4) is 16.9 Å². The molecule has 0 aliphatic heterocycles. The first kappa shape index (κ1) is 15.1. The maximum absolute atomic E-state index is 11.7. The third-order valence-corrected chi connectivity index (χ3v) is 3.59. The number of nitrogens with zero attached hydrogens (tertiary/aromatic N) is 1. The van der Waals surface area contributed by atoms with E-state index in [9.17, 15) is 9.90 Å². The Kier molecular flexibility index (Phi) is 4.63. The lowest BCUT2D eigenvalue weighted by atomic mass is 9.96. The molecule has 3 heteroatoms. The van der Waals surface area contributed by atoms with E-state index in [0.717, 1.165) is 28.7 Å². The Labute approximate surface area is 125 Å². The first-order chi connectivity index (χ1) is 10.0. The van der Waals surface area contributed by atoms with Gasteiger partial charge < -0.3 is 10.0 Å². The predicted molar refractivity (Wildman–Crippen MR) is 85.3 cm³/mol. The largest absolute Gasteiger partial charge is 0.508 e. The lowest BCUT2D eigenvalue weighted by molar-refractivity contribution is -0.127. The van der Waals surface area contributed by atoms with Gasteiger partial charge in [0.15, 0.2) is 0 Å². The van der Waals surface area contributed by atoms with E-state index in [1.54, 1.807) is 31.1 Å². The predicted octanol–water partition coefficient (Wildman–Crippen LogP) is 3.25. The molecule has 0 fully saturated rings. The standard InChI is InChI=1S/C18H21NO2/c1-4-14-12-16(20)9-10-17(14)15-7-5-13(6-8-15)11-18(21)19(2)3/h5-10,12,20H,4,11H2,1-3H3. The molecule has 0 radical (unpaired) electrons. The summed E-state index contributed by atoms with van der Waals surface area (Å²) in [6.07, 6.45) is 1.29. The molecule has 0 aliphatic rings. The Morgan fingerprint density at radius 2 is 1.76 bits per heavy atom. The minimum atomic E-state index is 0.0987. The molecule has 0 heterocycles. The summed E-state index contributed by atoms with van der Waals surface area (Å²) in [5.74, 6) is 0.394. The molecule has 2 aromatic rings. The summed E-state index contributed by atoms with van der Waals surface area (Å²) in [4.78, 5) is 13.3. The van der Waals surface area contributed by atoms with Gasteiger partial charge in [-0.05, 0) is 40.8 Å². The first-order valence-corrected chi connectivity index (χ1v) is 7.12. The van der Waals surface area contributed by atoms with Crippen molar-refractivity contribution in [2.24, 2.45) is 0 Å². The second-order valence-electron chi connectivity index (χ2n) is 5.36. The van der Waals surface area contributed by atoms with Crippen molar-refractivity contribution in [1.29, 1.82) is 0 Å². The van der Waals surface area contributed by atoms with Crippen molar-refractivity contribution in [3.05, 3.63) is 53.6 Å². The Morgan fingerprint density at radius 3 is 2.33 bits per heavy atom. The second-order valence-corrected chi connectivity index (χ2v) is 5.36. The van der Waals surface area contributed by atoms with E-state index in [2.05, 4.69) is 6.92 Å². The number of amides is 1. The molecule has 0 saturated heterocycles. The Balaban J connectivity index is 2.25. The number of aromatic hydroxyl groups is 1. The van der Waals surface area contributed by atoms with Crippen molar-refractivity contribution in [1.82, 2.24) is 4.90 Å². The van der Waals surface area contributed by atoms with Gasteiger partial charge >= 0.3 is 0 Å². The highest BCUT2D eigenvalue weighted by Crippen LogP contribution is 2.27. The smallest absolute Gasteiger partial charge is 0.226 e. The third kappa shape index (κ3) is 3.63. The molecule has 0 aliphatic carbocycles. The maximum Gasteiger partial charge on any atom is 0.226 e. The number of hydrogen-bond donors (Lipinski definition) is 1. The number of benzene rings is 2. The topological polar surface area (TPSA) is 40.5 Å². The molecule has 0 unspecified atom stereocenters. The van der Waals surface area contributed by atoms with E-state index in [0.29, 0.717) is 12.2 Å². The Morgan fingerprint density at radius 1 is 1.10 bits per heavy atom. The second kappa shape index (κ2) is 6.44. The van der Waals surface area contributed by atoms with Crippen molar-refractivity contribution >= 4 is 5.91 Å². The number of phenolic OH excluding ortho intramolecular Hbond substituents is 1. The summed E-state index contributed by atoms with van der Waals surface area (Å²) in [5.41, 5.74) is 4.36. The van der Waals surface area contributed by atoms with Gasteiger partial charge in [0.05, 0.1) is 6.42 Å². The van der Waals surface area contributed by atoms with Crippen LogP contribution in [-0.4, -0.2) is 30.0 Å². The molecule has 0 aromatic heterocycles. The van der Waals surface area contributed by atoms with E-state index in [-0.39, 0.29) is 5.91 Å². The number of carbonyl (C=O) groups is 1. The monoisotopic (exact) mass is 283 g/mol. The molecule has 0 bridgehead atoms. The maximum atomic E-state index is 11.7. The normalized spacial score (nSPS) is 10.4. The summed E-state index contributed by atoms with van der Waals surface area (Å²) in [5, 5.41) is 9.57. The van der Waals surface area contributed by atoms with Gasteiger partial charge in [0.1, 0.15) is 5.75 Å². The highest BCUT2D eigenvalue weighted by Gasteiger charge is 2.08. The summed E-state index contributed by atoms with van der Waals surface area (Å²) in [7, 11) is 3.53. The fourth-order valence-electron chi connectivity index (χ4n) is 2.29. The number of aryl methyl sites for hydroxylation is 1. The van der Waals surface area contributed by atoms with E-state index >= 15 is 0 Å². The SMILES string of the molecule is CCc1cc(O)ccc1-c1ccc(CC(=O)N(C)C)cc1. The fraction of sp³-hybridized carbons (Fsp3) is 0.278. The molecule has 0 saturated carbocycles. The molecule has 2 rings (SSSR count). The van der Waals surface area contributed by atoms with Crippen molar-refractivity contribution in [3.63, 3.8) is 0 Å². The zero-order valence-electron chi connectivity index (χ0n) is 12.8. The van der Waals surface area contributed by atoms with Crippen LogP contribution in [0.5, 0.6) is 5.75 Å². The molecule has 1 amide bonds. The molecule has 3 nitrogen and oxygen atoms in total. The van der Waals surface area contributed by atoms with Gasteiger partial charge in [-0.15, -0.1) is 0 Å². The summed E-state index contributed by atoms with van der Waals surface area (Å²) >= 11 is 0. The minimum Gasteiger partial charge on any atom is -0.508 e. The zero-order chi connectivity index (χ0) is 15.4. The number of rotatable bonds is 4. The van der Waals surface area contributed by atoms with E-state index in [4.69, 9.17) is 0 Å². The molecule has 0 atom stereocenters. The molecular formula is C18H21NO2. The van der Waals surface area contributed by atoms with Gasteiger partial charge in [0, 0.05) is 14.1 Å². The highest BCUT2D eigenvalue weighted by molar-refractivity contribution is 5.78.